The molecule has 3 aromatic rings. The highest BCUT2D eigenvalue weighted by atomic mass is 19.1. The van der Waals surface area contributed by atoms with E-state index in [4.69, 9.17) is 21.1 Å². The molecule has 1 aromatic carbocycles. The quantitative estimate of drug-likeness (QED) is 0.167. The minimum absolute atomic E-state index is 0.0859. The van der Waals surface area contributed by atoms with Gasteiger partial charge in [-0.1, -0.05) is 5.16 Å². The SMILES string of the molecule is C/C(=N\OCCCCO)c1ccc(N)[n+](C(=N)Cc2c(F)cc3ncccc3c2F)n1. The lowest BCUT2D eigenvalue weighted by Gasteiger charge is -2.09. The number of pyridine rings is 1. The van der Waals surface area contributed by atoms with Crippen LogP contribution >= 0.6 is 0 Å². The molecule has 0 fully saturated rings. The van der Waals surface area contributed by atoms with Crippen molar-refractivity contribution in [3.8, 4) is 0 Å². The lowest BCUT2D eigenvalue weighted by molar-refractivity contribution is -0.610. The predicted molar refractivity (Wildman–Crippen MR) is 112 cm³/mol. The third-order valence-corrected chi connectivity index (χ3v) is 4.57. The van der Waals surface area contributed by atoms with Crippen LogP contribution in [0.2, 0.25) is 0 Å². The number of hydrogen-bond donors (Lipinski definition) is 3. The lowest BCUT2D eigenvalue weighted by Crippen LogP contribution is -2.50. The largest absolute Gasteiger partial charge is 0.396 e. The summed E-state index contributed by atoms with van der Waals surface area (Å²) in [5.41, 5.74) is 6.71. The average molecular weight is 429 g/mol. The number of rotatable bonds is 8. The van der Waals surface area contributed by atoms with E-state index in [0.29, 0.717) is 30.9 Å². The number of unbranched alkanes of at least 4 members (excludes halogenated alkanes) is 1. The predicted octanol–water partition coefficient (Wildman–Crippen LogP) is 2.36. The van der Waals surface area contributed by atoms with E-state index in [2.05, 4.69) is 15.2 Å². The minimum Gasteiger partial charge on any atom is -0.396 e. The van der Waals surface area contributed by atoms with Crippen molar-refractivity contribution in [3.63, 3.8) is 0 Å². The summed E-state index contributed by atoms with van der Waals surface area (Å²) in [6.45, 7) is 2.11. The molecule has 3 rings (SSSR count). The van der Waals surface area contributed by atoms with E-state index in [1.165, 1.54) is 18.3 Å². The Kier molecular flexibility index (Phi) is 7.14. The normalized spacial score (nSPS) is 11.7. The molecule has 0 bridgehead atoms. The maximum absolute atomic E-state index is 14.9. The van der Waals surface area contributed by atoms with E-state index < -0.39 is 11.6 Å². The summed E-state index contributed by atoms with van der Waals surface area (Å²) in [6, 6.07) is 7.34. The smallest absolute Gasteiger partial charge is 0.259 e. The maximum atomic E-state index is 14.9. The van der Waals surface area contributed by atoms with Crippen molar-refractivity contribution in [2.75, 3.05) is 18.9 Å². The van der Waals surface area contributed by atoms with Crippen LogP contribution in [0.5, 0.6) is 0 Å². The second kappa shape index (κ2) is 9.98. The lowest BCUT2D eigenvalue weighted by atomic mass is 10.1. The van der Waals surface area contributed by atoms with Crippen molar-refractivity contribution in [2.45, 2.75) is 26.2 Å². The van der Waals surface area contributed by atoms with Crippen molar-refractivity contribution in [1.82, 2.24) is 10.1 Å². The van der Waals surface area contributed by atoms with E-state index in [1.54, 1.807) is 19.1 Å². The Balaban J connectivity index is 1.83. The zero-order valence-corrected chi connectivity index (χ0v) is 17.0. The van der Waals surface area contributed by atoms with Gasteiger partial charge in [0, 0.05) is 35.9 Å². The summed E-state index contributed by atoms with van der Waals surface area (Å²) in [5.74, 6) is -1.64. The zero-order chi connectivity index (χ0) is 22.4. The fraction of sp³-hybridized carbons (Fsp3) is 0.286. The van der Waals surface area contributed by atoms with Gasteiger partial charge < -0.3 is 15.7 Å². The van der Waals surface area contributed by atoms with Crippen molar-refractivity contribution in [1.29, 1.82) is 5.41 Å². The molecule has 2 heterocycles. The van der Waals surface area contributed by atoms with Crippen LogP contribution in [0, 0.1) is 17.0 Å². The van der Waals surface area contributed by atoms with Gasteiger partial charge in [-0.2, -0.15) is 5.41 Å². The van der Waals surface area contributed by atoms with Gasteiger partial charge in [0.15, 0.2) is 0 Å². The second-order valence-corrected chi connectivity index (χ2v) is 6.84. The van der Waals surface area contributed by atoms with Crippen LogP contribution in [0.4, 0.5) is 14.6 Å². The fourth-order valence-corrected chi connectivity index (χ4v) is 2.91. The van der Waals surface area contributed by atoms with Gasteiger partial charge in [0.1, 0.15) is 29.6 Å². The molecule has 162 valence electrons. The third-order valence-electron chi connectivity index (χ3n) is 4.57. The molecule has 0 aliphatic carbocycles. The Morgan fingerprint density at radius 2 is 2.10 bits per heavy atom. The monoisotopic (exact) mass is 429 g/mol. The Labute approximate surface area is 177 Å². The van der Waals surface area contributed by atoms with Crippen molar-refractivity contribution in [3.05, 3.63) is 59.4 Å². The van der Waals surface area contributed by atoms with Crippen LogP contribution in [0.25, 0.3) is 10.9 Å². The number of nitrogens with two attached hydrogens (primary N) is 1. The number of fused-ring (bicyclic) bond motifs is 1. The third kappa shape index (κ3) is 5.15. The standard InChI is InChI=1S/C21H22F2N6O2/c1-13(28-31-10-3-2-9-30)17-6-7-19(24)29(27-17)20(25)11-15-16(22)12-18-14(21(15)23)5-4-8-26-18/h4-8,12,24-25,30H,2-3,9-11H2,1H3/p+1/b25-20?,28-13+. The average Bonchev–Trinajstić information content (AvgIpc) is 2.76. The number of aliphatic hydroxyl groups excluding tert-OH is 1. The molecule has 10 heteroatoms. The number of halogens is 2. The second-order valence-electron chi connectivity index (χ2n) is 6.84. The maximum Gasteiger partial charge on any atom is 0.259 e. The van der Waals surface area contributed by atoms with Crippen LogP contribution in [-0.2, 0) is 11.3 Å². The van der Waals surface area contributed by atoms with E-state index in [0.717, 1.165) is 10.7 Å². The highest BCUT2D eigenvalue weighted by Crippen LogP contribution is 2.23. The Bertz CT molecular complexity index is 1140. The number of aliphatic hydroxyl groups is 1. The molecule has 0 saturated heterocycles. The summed E-state index contributed by atoms with van der Waals surface area (Å²) < 4.78 is 30.5. The van der Waals surface area contributed by atoms with E-state index in [1.807, 2.05) is 0 Å². The number of oxime groups is 1. The summed E-state index contributed by atoms with van der Waals surface area (Å²) in [7, 11) is 0. The Morgan fingerprint density at radius 1 is 1.29 bits per heavy atom. The van der Waals surface area contributed by atoms with E-state index >= 15 is 0 Å². The fourth-order valence-electron chi connectivity index (χ4n) is 2.91. The van der Waals surface area contributed by atoms with Crippen LogP contribution in [0.1, 0.15) is 31.0 Å². The molecule has 0 aliphatic rings. The number of nitrogen functional groups attached to an aromatic ring is 1. The number of nitrogens with zero attached hydrogens (tertiary/aromatic N) is 4. The van der Waals surface area contributed by atoms with Gasteiger partial charge in [0.25, 0.3) is 5.84 Å². The highest BCUT2D eigenvalue weighted by Gasteiger charge is 2.21. The van der Waals surface area contributed by atoms with Gasteiger partial charge in [-0.3, -0.25) is 4.98 Å². The van der Waals surface area contributed by atoms with Crippen LogP contribution < -0.4 is 10.4 Å². The first-order valence-electron chi connectivity index (χ1n) is 9.68. The van der Waals surface area contributed by atoms with E-state index in [9.17, 15) is 8.78 Å². The first-order chi connectivity index (χ1) is 14.9. The van der Waals surface area contributed by atoms with Gasteiger partial charge in [0.05, 0.1) is 11.9 Å². The van der Waals surface area contributed by atoms with Crippen molar-refractivity contribution < 1.29 is 23.4 Å². The summed E-state index contributed by atoms with van der Waals surface area (Å²) in [4.78, 5) is 9.15. The Morgan fingerprint density at radius 3 is 2.87 bits per heavy atom. The molecule has 0 aliphatic heterocycles. The first-order valence-corrected chi connectivity index (χ1v) is 9.68. The topological polar surface area (TPSA) is 121 Å². The molecule has 0 atom stereocenters. The van der Waals surface area contributed by atoms with Crippen molar-refractivity contribution in [2.24, 2.45) is 5.16 Å². The van der Waals surface area contributed by atoms with E-state index in [-0.39, 0.29) is 41.1 Å². The molecule has 0 amide bonds. The van der Waals surface area contributed by atoms with Gasteiger partial charge >= 0.3 is 0 Å². The number of benzene rings is 1. The van der Waals surface area contributed by atoms with Crippen molar-refractivity contribution >= 4 is 28.3 Å². The number of aromatic nitrogens is 3. The molecule has 0 saturated carbocycles. The van der Waals surface area contributed by atoms with Crippen LogP contribution in [0.15, 0.2) is 41.7 Å². The number of nitrogens with one attached hydrogen (secondary N) is 1. The van der Waals surface area contributed by atoms with Crippen LogP contribution in [0.3, 0.4) is 0 Å². The summed E-state index contributed by atoms with van der Waals surface area (Å²) >= 11 is 0. The molecule has 8 nitrogen and oxygen atoms in total. The first kappa shape index (κ1) is 22.2. The van der Waals surface area contributed by atoms with Gasteiger partial charge in [-0.15, -0.1) is 9.78 Å². The van der Waals surface area contributed by atoms with Crippen LogP contribution in [-0.4, -0.2) is 40.0 Å². The molecule has 31 heavy (non-hydrogen) atoms. The molecular formula is C21H23F2N6O2+. The summed E-state index contributed by atoms with van der Waals surface area (Å²) in [6.07, 6.45) is 2.37. The molecule has 0 spiro atoms. The number of hydrogen-bond acceptors (Lipinski definition) is 7. The number of anilines is 1. The highest BCUT2D eigenvalue weighted by molar-refractivity contribution is 5.96. The minimum atomic E-state index is -0.794. The molecule has 0 radical (unpaired) electrons. The van der Waals surface area contributed by atoms with Gasteiger partial charge in [-0.05, 0) is 38.0 Å². The summed E-state index contributed by atoms with van der Waals surface area (Å²) in [5, 5.41) is 25.5. The zero-order valence-electron chi connectivity index (χ0n) is 17.0. The molecule has 0 unspecified atom stereocenters. The van der Waals surface area contributed by atoms with Gasteiger partial charge in [-0.25, -0.2) is 8.78 Å². The molecule has 4 N–H and O–H groups in total. The molecular weight excluding hydrogens is 406 g/mol. The Hall–Kier alpha value is -3.53. The van der Waals surface area contributed by atoms with Gasteiger partial charge in [0.2, 0.25) is 5.82 Å². The molecule has 2 aromatic heterocycles.